The van der Waals surface area contributed by atoms with Gasteiger partial charge in [0.1, 0.15) is 0 Å². The molecule has 1 aliphatic heterocycles. The zero-order valence-electron chi connectivity index (χ0n) is 12.5. The largest absolute Gasteiger partial charge is 0.336 e. The van der Waals surface area contributed by atoms with Gasteiger partial charge in [-0.1, -0.05) is 6.07 Å². The van der Waals surface area contributed by atoms with Crippen molar-refractivity contribution in [2.75, 3.05) is 6.54 Å². The molecule has 1 aliphatic rings. The second-order valence-electron chi connectivity index (χ2n) is 5.68. The number of aromatic nitrogens is 3. The maximum absolute atomic E-state index is 12.9. The van der Waals surface area contributed by atoms with Crippen molar-refractivity contribution in [1.82, 2.24) is 19.9 Å². The molecule has 5 heteroatoms. The number of nitrogens with zero attached hydrogens (tertiary/aromatic N) is 4. The minimum absolute atomic E-state index is 0.0782. The molecule has 0 aliphatic carbocycles. The van der Waals surface area contributed by atoms with E-state index in [-0.39, 0.29) is 5.91 Å². The van der Waals surface area contributed by atoms with E-state index < -0.39 is 0 Å². The lowest BCUT2D eigenvalue weighted by Crippen LogP contribution is -2.42. The Labute approximate surface area is 124 Å². The highest BCUT2D eigenvalue weighted by Gasteiger charge is 2.26. The Morgan fingerprint density at radius 1 is 1.24 bits per heavy atom. The van der Waals surface area contributed by atoms with Gasteiger partial charge in [-0.25, -0.2) is 0 Å². The highest BCUT2D eigenvalue weighted by Crippen LogP contribution is 2.22. The van der Waals surface area contributed by atoms with E-state index >= 15 is 0 Å². The van der Waals surface area contributed by atoms with E-state index in [2.05, 4.69) is 17.1 Å². The average Bonchev–Trinajstić information content (AvgIpc) is 3.01. The maximum atomic E-state index is 12.9. The van der Waals surface area contributed by atoms with Crippen LogP contribution in [0.3, 0.4) is 0 Å². The summed E-state index contributed by atoms with van der Waals surface area (Å²) in [6.07, 6.45) is 6.61. The lowest BCUT2D eigenvalue weighted by atomic mass is 10.0. The molecule has 1 aromatic carbocycles. The average molecular weight is 284 g/mol. The number of rotatable bonds is 2. The summed E-state index contributed by atoms with van der Waals surface area (Å²) in [5.74, 6) is 0.0782. The number of carbonyl (C=O) groups is 1. The van der Waals surface area contributed by atoms with Gasteiger partial charge in [-0.15, -0.1) is 0 Å². The Hall–Kier alpha value is -2.17. The molecule has 1 aromatic heterocycles. The smallest absolute Gasteiger partial charge is 0.256 e. The highest BCUT2D eigenvalue weighted by molar-refractivity contribution is 5.98. The monoisotopic (exact) mass is 284 g/mol. The molecule has 0 bridgehead atoms. The first-order valence-corrected chi connectivity index (χ1v) is 7.45. The second kappa shape index (κ2) is 5.68. The van der Waals surface area contributed by atoms with Crippen LogP contribution in [0.1, 0.15) is 42.1 Å². The van der Waals surface area contributed by atoms with Crippen LogP contribution in [0.25, 0.3) is 5.69 Å². The van der Waals surface area contributed by atoms with Gasteiger partial charge in [0.05, 0.1) is 23.6 Å². The van der Waals surface area contributed by atoms with E-state index in [0.717, 1.165) is 30.6 Å². The maximum Gasteiger partial charge on any atom is 0.256 e. The first-order chi connectivity index (χ1) is 10.2. The van der Waals surface area contributed by atoms with E-state index in [1.54, 1.807) is 12.4 Å². The van der Waals surface area contributed by atoms with Gasteiger partial charge in [-0.2, -0.15) is 15.0 Å². The summed E-state index contributed by atoms with van der Waals surface area (Å²) in [7, 11) is 0. The quantitative estimate of drug-likeness (QED) is 0.851. The van der Waals surface area contributed by atoms with Crippen LogP contribution in [0.15, 0.2) is 30.6 Å². The molecule has 5 nitrogen and oxygen atoms in total. The topological polar surface area (TPSA) is 51.0 Å². The zero-order chi connectivity index (χ0) is 14.8. The molecule has 2 aromatic rings. The summed E-state index contributed by atoms with van der Waals surface area (Å²) in [6, 6.07) is 6.11. The zero-order valence-corrected chi connectivity index (χ0v) is 12.5. The summed E-state index contributed by atoms with van der Waals surface area (Å²) >= 11 is 0. The minimum atomic E-state index is 0.0782. The van der Waals surface area contributed by atoms with E-state index in [1.807, 2.05) is 30.0 Å². The Bertz CT molecular complexity index is 636. The fourth-order valence-electron chi connectivity index (χ4n) is 2.88. The summed E-state index contributed by atoms with van der Waals surface area (Å²) in [5, 5.41) is 8.34. The number of hydrogen-bond acceptors (Lipinski definition) is 3. The normalized spacial score (nSPS) is 18.8. The Balaban J connectivity index is 2.00. The van der Waals surface area contributed by atoms with Crippen molar-refractivity contribution in [2.24, 2.45) is 0 Å². The van der Waals surface area contributed by atoms with Crippen LogP contribution in [-0.4, -0.2) is 38.4 Å². The van der Waals surface area contributed by atoms with Crippen molar-refractivity contribution < 1.29 is 4.79 Å². The predicted molar refractivity (Wildman–Crippen MR) is 80.4 cm³/mol. The van der Waals surface area contributed by atoms with Crippen LogP contribution < -0.4 is 0 Å². The molecule has 0 radical (unpaired) electrons. The number of hydrogen-bond donors (Lipinski definition) is 0. The molecule has 0 unspecified atom stereocenters. The molecular formula is C16H20N4O. The summed E-state index contributed by atoms with van der Waals surface area (Å²) in [6.45, 7) is 4.96. The Morgan fingerprint density at radius 2 is 2.00 bits per heavy atom. The molecule has 1 atom stereocenters. The first-order valence-electron chi connectivity index (χ1n) is 7.45. The Morgan fingerprint density at radius 3 is 2.71 bits per heavy atom. The predicted octanol–water partition coefficient (Wildman–Crippen LogP) is 2.59. The number of benzene rings is 1. The van der Waals surface area contributed by atoms with E-state index in [0.29, 0.717) is 11.6 Å². The van der Waals surface area contributed by atoms with Gasteiger partial charge < -0.3 is 4.90 Å². The fraction of sp³-hybridized carbons (Fsp3) is 0.438. The van der Waals surface area contributed by atoms with Crippen LogP contribution >= 0.6 is 0 Å². The van der Waals surface area contributed by atoms with Crippen molar-refractivity contribution in [3.05, 3.63) is 41.7 Å². The molecule has 1 saturated heterocycles. The number of aryl methyl sites for hydroxylation is 1. The number of carbonyl (C=O) groups excluding carboxylic acids is 1. The van der Waals surface area contributed by atoms with E-state index in [9.17, 15) is 4.79 Å². The molecule has 1 amide bonds. The van der Waals surface area contributed by atoms with Crippen LogP contribution in [-0.2, 0) is 0 Å². The van der Waals surface area contributed by atoms with Crippen LogP contribution in [0.4, 0.5) is 0 Å². The standard InChI is InChI=1S/C16H20N4O/c1-12-6-7-14(15(11-12)20-17-8-9-18-20)16(21)19-10-4-3-5-13(19)2/h6-9,11,13H,3-5,10H2,1-2H3/t13-/m1/s1. The van der Waals surface area contributed by atoms with Crippen molar-refractivity contribution in [3.63, 3.8) is 0 Å². The summed E-state index contributed by atoms with van der Waals surface area (Å²) in [4.78, 5) is 16.4. The number of amides is 1. The van der Waals surface area contributed by atoms with Gasteiger partial charge in [-0.05, 0) is 50.8 Å². The van der Waals surface area contributed by atoms with Crippen LogP contribution in [0.5, 0.6) is 0 Å². The molecule has 110 valence electrons. The molecule has 0 spiro atoms. The van der Waals surface area contributed by atoms with Crippen molar-refractivity contribution in [2.45, 2.75) is 39.2 Å². The van der Waals surface area contributed by atoms with Gasteiger partial charge >= 0.3 is 0 Å². The summed E-state index contributed by atoms with van der Waals surface area (Å²) < 4.78 is 0. The lowest BCUT2D eigenvalue weighted by molar-refractivity contribution is 0.0635. The highest BCUT2D eigenvalue weighted by atomic mass is 16.2. The van der Waals surface area contributed by atoms with Gasteiger partial charge in [-0.3, -0.25) is 4.79 Å². The second-order valence-corrected chi connectivity index (χ2v) is 5.68. The van der Waals surface area contributed by atoms with Crippen molar-refractivity contribution in [1.29, 1.82) is 0 Å². The number of piperidine rings is 1. The van der Waals surface area contributed by atoms with E-state index in [1.165, 1.54) is 11.2 Å². The molecule has 0 N–H and O–H groups in total. The van der Waals surface area contributed by atoms with Crippen molar-refractivity contribution >= 4 is 5.91 Å². The van der Waals surface area contributed by atoms with E-state index in [4.69, 9.17) is 0 Å². The first kappa shape index (κ1) is 13.8. The van der Waals surface area contributed by atoms with Gasteiger partial charge in [0.2, 0.25) is 0 Å². The number of likely N-dealkylation sites (tertiary alicyclic amines) is 1. The summed E-state index contributed by atoms with van der Waals surface area (Å²) in [5.41, 5.74) is 2.51. The third-order valence-corrected chi connectivity index (χ3v) is 4.08. The lowest BCUT2D eigenvalue weighted by Gasteiger charge is -2.33. The molecule has 0 saturated carbocycles. The molecule has 1 fully saturated rings. The minimum Gasteiger partial charge on any atom is -0.336 e. The van der Waals surface area contributed by atoms with Gasteiger partial charge in [0.25, 0.3) is 5.91 Å². The molecule has 2 heterocycles. The van der Waals surface area contributed by atoms with Crippen molar-refractivity contribution in [3.8, 4) is 5.69 Å². The molecule has 21 heavy (non-hydrogen) atoms. The van der Waals surface area contributed by atoms with Gasteiger partial charge in [0.15, 0.2) is 0 Å². The molecular weight excluding hydrogens is 264 g/mol. The SMILES string of the molecule is Cc1ccc(C(=O)N2CCCC[C@H]2C)c(-n2nccn2)c1. The third kappa shape index (κ3) is 2.68. The molecule has 3 rings (SSSR count). The van der Waals surface area contributed by atoms with Crippen LogP contribution in [0, 0.1) is 6.92 Å². The third-order valence-electron chi connectivity index (χ3n) is 4.08. The Kier molecular flexibility index (Phi) is 3.73. The van der Waals surface area contributed by atoms with Crippen LogP contribution in [0.2, 0.25) is 0 Å². The fourth-order valence-corrected chi connectivity index (χ4v) is 2.88. The van der Waals surface area contributed by atoms with Gasteiger partial charge in [0, 0.05) is 12.6 Å².